The summed E-state index contributed by atoms with van der Waals surface area (Å²) in [6.07, 6.45) is 4.24. The van der Waals surface area contributed by atoms with Gasteiger partial charge in [0.25, 0.3) is 0 Å². The fourth-order valence-corrected chi connectivity index (χ4v) is 1.68. The van der Waals surface area contributed by atoms with E-state index in [4.69, 9.17) is 13.9 Å². The molecule has 21 heavy (non-hydrogen) atoms. The SMILES string of the molecule is CCCCOCCOCC(O)CNCc1ncc(CC)o1. The first-order chi connectivity index (χ1) is 10.3. The maximum Gasteiger partial charge on any atom is 0.208 e. The Morgan fingerprint density at radius 2 is 2.10 bits per heavy atom. The molecule has 1 rings (SSSR count). The molecule has 0 radical (unpaired) electrons. The Kier molecular flexibility index (Phi) is 10.1. The molecule has 1 aromatic rings. The Labute approximate surface area is 126 Å². The summed E-state index contributed by atoms with van der Waals surface area (Å²) in [7, 11) is 0. The number of unbranched alkanes of at least 4 members (excludes halogenated alkanes) is 1. The van der Waals surface area contributed by atoms with Crippen LogP contribution in [0.25, 0.3) is 0 Å². The standard InChI is InChI=1S/C15H28N2O4/c1-3-5-6-19-7-8-20-12-13(18)9-16-11-15-17-10-14(4-2)21-15/h10,13,16,18H,3-9,11-12H2,1-2H3. The fraction of sp³-hybridized carbons (Fsp3) is 0.800. The van der Waals surface area contributed by atoms with E-state index in [2.05, 4.69) is 17.2 Å². The van der Waals surface area contributed by atoms with Crippen molar-refractivity contribution in [3.05, 3.63) is 17.8 Å². The number of aromatic nitrogens is 1. The molecule has 2 N–H and O–H groups in total. The number of hydrogen-bond donors (Lipinski definition) is 2. The number of rotatable bonds is 13. The Bertz CT molecular complexity index is 357. The number of nitrogens with one attached hydrogen (secondary N) is 1. The molecule has 1 atom stereocenters. The average molecular weight is 300 g/mol. The number of hydrogen-bond acceptors (Lipinski definition) is 6. The molecule has 1 heterocycles. The van der Waals surface area contributed by atoms with Gasteiger partial charge in [-0.2, -0.15) is 0 Å². The molecule has 0 aliphatic heterocycles. The topological polar surface area (TPSA) is 76.8 Å². The zero-order valence-corrected chi connectivity index (χ0v) is 13.1. The van der Waals surface area contributed by atoms with Crippen molar-refractivity contribution < 1.29 is 19.0 Å². The molecular formula is C15H28N2O4. The summed E-state index contributed by atoms with van der Waals surface area (Å²) in [4.78, 5) is 4.14. The lowest BCUT2D eigenvalue weighted by atomic mass is 10.4. The number of aliphatic hydroxyl groups is 1. The Morgan fingerprint density at radius 3 is 2.81 bits per heavy atom. The van der Waals surface area contributed by atoms with Crippen LogP contribution < -0.4 is 5.32 Å². The Hall–Kier alpha value is -0.950. The first kappa shape index (κ1) is 18.1. The van der Waals surface area contributed by atoms with Crippen LogP contribution in [0.1, 0.15) is 38.3 Å². The number of nitrogens with zero attached hydrogens (tertiary/aromatic N) is 1. The quantitative estimate of drug-likeness (QED) is 0.538. The molecule has 1 aromatic heterocycles. The maximum atomic E-state index is 9.74. The summed E-state index contributed by atoms with van der Waals surface area (Å²) in [5.74, 6) is 1.52. The van der Waals surface area contributed by atoms with Gasteiger partial charge in [0.2, 0.25) is 5.89 Å². The van der Waals surface area contributed by atoms with Crippen LogP contribution in [0.3, 0.4) is 0 Å². The first-order valence-corrected chi connectivity index (χ1v) is 7.74. The molecule has 0 aliphatic rings. The van der Waals surface area contributed by atoms with E-state index in [1.165, 1.54) is 0 Å². The fourth-order valence-electron chi connectivity index (χ4n) is 1.68. The zero-order valence-electron chi connectivity index (χ0n) is 13.1. The average Bonchev–Trinajstić information content (AvgIpc) is 2.94. The van der Waals surface area contributed by atoms with Gasteiger partial charge in [-0.25, -0.2) is 4.98 Å². The molecule has 1 unspecified atom stereocenters. The minimum absolute atomic E-state index is 0.302. The third-order valence-corrected chi connectivity index (χ3v) is 2.93. The van der Waals surface area contributed by atoms with Crippen LogP contribution in [0.2, 0.25) is 0 Å². The molecule has 0 fully saturated rings. The predicted molar refractivity (Wildman–Crippen MR) is 80.1 cm³/mol. The van der Waals surface area contributed by atoms with Crippen LogP contribution in [0.5, 0.6) is 0 Å². The lowest BCUT2D eigenvalue weighted by molar-refractivity contribution is 0.00372. The third kappa shape index (κ3) is 8.83. The third-order valence-electron chi connectivity index (χ3n) is 2.93. The van der Waals surface area contributed by atoms with E-state index in [0.717, 1.165) is 31.6 Å². The van der Waals surface area contributed by atoms with Crippen LogP contribution in [-0.4, -0.2) is 49.2 Å². The van der Waals surface area contributed by atoms with Crippen molar-refractivity contribution in [2.45, 2.75) is 45.8 Å². The summed E-state index contributed by atoms with van der Waals surface area (Å²) in [6, 6.07) is 0. The molecule has 0 aliphatic carbocycles. The molecule has 122 valence electrons. The minimum atomic E-state index is -0.541. The second-order valence-corrected chi connectivity index (χ2v) is 4.90. The van der Waals surface area contributed by atoms with Crippen LogP contribution in [0, 0.1) is 0 Å². The van der Waals surface area contributed by atoms with Gasteiger partial charge in [0.05, 0.1) is 38.7 Å². The predicted octanol–water partition coefficient (Wildman–Crippen LogP) is 1.52. The molecule has 0 amide bonds. The summed E-state index contributed by atoms with van der Waals surface area (Å²) >= 11 is 0. The molecular weight excluding hydrogens is 272 g/mol. The van der Waals surface area contributed by atoms with E-state index in [0.29, 0.717) is 38.8 Å². The molecule has 0 spiro atoms. The van der Waals surface area contributed by atoms with Gasteiger partial charge in [0, 0.05) is 19.6 Å². The van der Waals surface area contributed by atoms with Crippen molar-refractivity contribution in [3.8, 4) is 0 Å². The van der Waals surface area contributed by atoms with Crippen LogP contribution >= 0.6 is 0 Å². The summed E-state index contributed by atoms with van der Waals surface area (Å²) in [5.41, 5.74) is 0. The van der Waals surface area contributed by atoms with E-state index in [-0.39, 0.29) is 0 Å². The van der Waals surface area contributed by atoms with Gasteiger partial charge < -0.3 is 24.3 Å². The van der Waals surface area contributed by atoms with E-state index in [1.807, 2.05) is 6.92 Å². The Morgan fingerprint density at radius 1 is 1.29 bits per heavy atom. The van der Waals surface area contributed by atoms with Gasteiger partial charge in [0.15, 0.2) is 0 Å². The summed E-state index contributed by atoms with van der Waals surface area (Å²) < 4.78 is 16.2. The van der Waals surface area contributed by atoms with Crippen molar-refractivity contribution in [3.63, 3.8) is 0 Å². The highest BCUT2D eigenvalue weighted by atomic mass is 16.5. The van der Waals surface area contributed by atoms with Crippen molar-refractivity contribution >= 4 is 0 Å². The zero-order chi connectivity index (χ0) is 15.3. The Balaban J connectivity index is 1.95. The van der Waals surface area contributed by atoms with Crippen molar-refractivity contribution in [1.82, 2.24) is 10.3 Å². The lowest BCUT2D eigenvalue weighted by Gasteiger charge is -2.11. The van der Waals surface area contributed by atoms with E-state index in [9.17, 15) is 5.11 Å². The van der Waals surface area contributed by atoms with Crippen molar-refractivity contribution in [2.24, 2.45) is 0 Å². The molecule has 0 bridgehead atoms. The second-order valence-electron chi connectivity index (χ2n) is 4.90. The van der Waals surface area contributed by atoms with E-state index in [1.54, 1.807) is 6.20 Å². The molecule has 0 aromatic carbocycles. The largest absolute Gasteiger partial charge is 0.444 e. The lowest BCUT2D eigenvalue weighted by Crippen LogP contribution is -2.30. The number of ether oxygens (including phenoxy) is 2. The highest BCUT2D eigenvalue weighted by Gasteiger charge is 2.06. The second kappa shape index (κ2) is 11.7. The smallest absolute Gasteiger partial charge is 0.208 e. The number of oxazole rings is 1. The van der Waals surface area contributed by atoms with Gasteiger partial charge in [-0.3, -0.25) is 0 Å². The van der Waals surface area contributed by atoms with Crippen LogP contribution in [0.4, 0.5) is 0 Å². The van der Waals surface area contributed by atoms with Crippen molar-refractivity contribution in [1.29, 1.82) is 0 Å². The molecule has 6 nitrogen and oxygen atoms in total. The number of aryl methyl sites for hydroxylation is 1. The van der Waals surface area contributed by atoms with Gasteiger partial charge in [0.1, 0.15) is 5.76 Å². The first-order valence-electron chi connectivity index (χ1n) is 7.74. The molecule has 6 heteroatoms. The molecule has 0 saturated carbocycles. The normalized spacial score (nSPS) is 12.7. The van der Waals surface area contributed by atoms with Crippen LogP contribution in [0.15, 0.2) is 10.6 Å². The van der Waals surface area contributed by atoms with Gasteiger partial charge in [-0.05, 0) is 6.42 Å². The van der Waals surface area contributed by atoms with Crippen LogP contribution in [-0.2, 0) is 22.4 Å². The molecule has 0 saturated heterocycles. The highest BCUT2D eigenvalue weighted by molar-refractivity contribution is 4.93. The van der Waals surface area contributed by atoms with Gasteiger partial charge >= 0.3 is 0 Å². The monoisotopic (exact) mass is 300 g/mol. The van der Waals surface area contributed by atoms with Gasteiger partial charge in [-0.1, -0.05) is 20.3 Å². The number of aliphatic hydroxyl groups excluding tert-OH is 1. The maximum absolute atomic E-state index is 9.74. The minimum Gasteiger partial charge on any atom is -0.444 e. The summed E-state index contributed by atoms with van der Waals surface area (Å²) in [5, 5.41) is 12.8. The highest BCUT2D eigenvalue weighted by Crippen LogP contribution is 2.03. The van der Waals surface area contributed by atoms with Crippen molar-refractivity contribution in [2.75, 3.05) is 33.0 Å². The van der Waals surface area contributed by atoms with E-state index < -0.39 is 6.10 Å². The van der Waals surface area contributed by atoms with Gasteiger partial charge in [-0.15, -0.1) is 0 Å². The summed E-state index contributed by atoms with van der Waals surface area (Å²) in [6.45, 7) is 7.28. The van der Waals surface area contributed by atoms with E-state index >= 15 is 0 Å².